The lowest BCUT2D eigenvalue weighted by Crippen LogP contribution is -2.47. The maximum Gasteiger partial charge on any atom is 0.416 e. The Morgan fingerprint density at radius 2 is 1.73 bits per heavy atom. The van der Waals surface area contributed by atoms with Crippen molar-refractivity contribution in [1.29, 1.82) is 0 Å². The van der Waals surface area contributed by atoms with Crippen LogP contribution in [0.3, 0.4) is 0 Å². The Morgan fingerprint density at radius 3 is 2.40 bits per heavy atom. The minimum absolute atomic E-state index is 0.0142. The lowest BCUT2D eigenvalue weighted by Gasteiger charge is -2.33. The zero-order valence-electron chi connectivity index (χ0n) is 21.9. The number of hydrogen-bond donors (Lipinski definition) is 2. The van der Waals surface area contributed by atoms with Gasteiger partial charge < -0.3 is 15.5 Å². The van der Waals surface area contributed by atoms with E-state index in [2.05, 4.69) is 17.2 Å². The number of urea groups is 1. The largest absolute Gasteiger partial charge is 0.416 e. The van der Waals surface area contributed by atoms with Crippen LogP contribution in [0, 0.1) is 0 Å². The van der Waals surface area contributed by atoms with Crippen molar-refractivity contribution >= 4 is 17.8 Å². The summed E-state index contributed by atoms with van der Waals surface area (Å²) in [5.41, 5.74) is -0.310. The first-order valence-corrected chi connectivity index (χ1v) is 13.4. The van der Waals surface area contributed by atoms with Crippen LogP contribution in [0.25, 0.3) is 0 Å². The minimum Gasteiger partial charge on any atom is -0.351 e. The van der Waals surface area contributed by atoms with Crippen LogP contribution in [0.2, 0.25) is 0 Å². The summed E-state index contributed by atoms with van der Waals surface area (Å²) in [5.74, 6) is -0.952. The van der Waals surface area contributed by atoms with E-state index in [0.717, 1.165) is 38.2 Å². The van der Waals surface area contributed by atoms with E-state index in [0.29, 0.717) is 5.56 Å². The van der Waals surface area contributed by atoms with E-state index in [9.17, 15) is 27.6 Å². The molecule has 0 radical (unpaired) electrons. The number of amides is 4. The van der Waals surface area contributed by atoms with Crippen LogP contribution in [0.5, 0.6) is 0 Å². The second-order valence-electron chi connectivity index (χ2n) is 10.3. The van der Waals surface area contributed by atoms with Gasteiger partial charge in [0, 0.05) is 12.6 Å². The second kappa shape index (κ2) is 11.2. The second-order valence-corrected chi connectivity index (χ2v) is 10.3. The first kappa shape index (κ1) is 27.5. The molecular weight excluding hydrogens is 521 g/mol. The summed E-state index contributed by atoms with van der Waals surface area (Å²) in [6, 6.07) is 10.7. The number of hydrogen-bond acceptors (Lipinski definition) is 3. The molecule has 40 heavy (non-hydrogen) atoms. The summed E-state index contributed by atoms with van der Waals surface area (Å²) in [6.07, 6.45) is 1.58. The molecule has 210 valence electrons. The number of nitrogens with zero attached hydrogens (tertiary/aromatic N) is 2. The van der Waals surface area contributed by atoms with Crippen molar-refractivity contribution in [2.24, 2.45) is 0 Å². The van der Waals surface area contributed by atoms with Crippen LogP contribution in [0.1, 0.15) is 60.9 Å². The van der Waals surface area contributed by atoms with E-state index in [1.54, 1.807) is 30.3 Å². The number of carbonyl (C=O) groups excluding carboxylic acids is 3. The van der Waals surface area contributed by atoms with Crippen molar-refractivity contribution in [3.8, 4) is 0 Å². The molecule has 2 N–H and O–H groups in total. The Balaban J connectivity index is 1.57. The fraction of sp³-hybridized carbons (Fsp3) is 0.367. The molecule has 2 heterocycles. The van der Waals surface area contributed by atoms with Gasteiger partial charge in [-0.05, 0) is 30.0 Å². The number of halogens is 3. The average Bonchev–Trinajstić information content (AvgIpc) is 3.27. The van der Waals surface area contributed by atoms with Crippen LogP contribution < -0.4 is 10.6 Å². The molecule has 5 rings (SSSR count). The maximum absolute atomic E-state index is 14.2. The highest BCUT2D eigenvalue weighted by Crippen LogP contribution is 2.43. The summed E-state index contributed by atoms with van der Waals surface area (Å²) in [6.45, 7) is 3.62. The Kier molecular flexibility index (Phi) is 7.69. The standard InChI is InChI=1S/C30H31F3N4O3/c1-2-17-36-23-18-37(26(19-11-5-3-6-12-19)27(38)34-20-13-7-4-8-14-20)28(39)24(23)25(35-29(36)40)21-15-9-10-16-22(21)30(31,32)33/h2-3,5-6,9-12,15-16,20,25-26H,1,4,7-8,13-14,17-18H2,(H,34,38)(H,35,40). The van der Waals surface area contributed by atoms with Crippen LogP contribution in [-0.4, -0.2) is 46.8 Å². The van der Waals surface area contributed by atoms with Crippen LogP contribution in [-0.2, 0) is 15.8 Å². The third kappa shape index (κ3) is 5.22. The molecule has 10 heteroatoms. The highest BCUT2D eigenvalue weighted by molar-refractivity contribution is 6.04. The normalized spacial score (nSPS) is 20.7. The van der Waals surface area contributed by atoms with Crippen LogP contribution >= 0.6 is 0 Å². The molecule has 2 aromatic rings. The number of benzene rings is 2. The smallest absolute Gasteiger partial charge is 0.351 e. The lowest BCUT2D eigenvalue weighted by atomic mass is 9.91. The molecule has 2 unspecified atom stereocenters. The monoisotopic (exact) mass is 552 g/mol. The van der Waals surface area contributed by atoms with Gasteiger partial charge >= 0.3 is 12.2 Å². The lowest BCUT2D eigenvalue weighted by molar-refractivity contribution is -0.139. The van der Waals surface area contributed by atoms with Crippen molar-refractivity contribution in [3.63, 3.8) is 0 Å². The summed E-state index contributed by atoms with van der Waals surface area (Å²) in [5, 5.41) is 5.71. The molecule has 4 amide bonds. The van der Waals surface area contributed by atoms with Crippen molar-refractivity contribution in [2.45, 2.75) is 56.4 Å². The van der Waals surface area contributed by atoms with Gasteiger partial charge in [-0.3, -0.25) is 14.5 Å². The summed E-state index contributed by atoms with van der Waals surface area (Å²) < 4.78 is 42.0. The molecular formula is C30H31F3N4O3. The fourth-order valence-corrected chi connectivity index (χ4v) is 5.92. The zero-order valence-corrected chi connectivity index (χ0v) is 21.9. The van der Waals surface area contributed by atoms with E-state index in [1.165, 1.54) is 34.1 Å². The van der Waals surface area contributed by atoms with E-state index < -0.39 is 35.8 Å². The molecule has 1 saturated carbocycles. The molecule has 2 atom stereocenters. The van der Waals surface area contributed by atoms with Gasteiger partial charge in [-0.15, -0.1) is 6.58 Å². The molecule has 2 aliphatic heterocycles. The number of rotatable bonds is 7. The summed E-state index contributed by atoms with van der Waals surface area (Å²) >= 11 is 0. The van der Waals surface area contributed by atoms with Crippen molar-refractivity contribution in [3.05, 3.63) is 95.2 Å². The van der Waals surface area contributed by atoms with Gasteiger partial charge in [0.05, 0.1) is 29.4 Å². The molecule has 1 aliphatic carbocycles. The van der Waals surface area contributed by atoms with Crippen molar-refractivity contribution in [2.75, 3.05) is 13.1 Å². The van der Waals surface area contributed by atoms with Gasteiger partial charge in [-0.1, -0.05) is 73.9 Å². The van der Waals surface area contributed by atoms with Crippen molar-refractivity contribution < 1.29 is 27.6 Å². The number of nitrogens with one attached hydrogen (secondary N) is 2. The predicted octanol–water partition coefficient (Wildman–Crippen LogP) is 5.24. The van der Waals surface area contributed by atoms with Crippen molar-refractivity contribution in [1.82, 2.24) is 20.4 Å². The number of carbonyl (C=O) groups is 3. The molecule has 0 saturated heterocycles. The third-order valence-electron chi connectivity index (χ3n) is 7.77. The van der Waals surface area contributed by atoms with Gasteiger partial charge in [0.15, 0.2) is 0 Å². The topological polar surface area (TPSA) is 81.8 Å². The van der Waals surface area contributed by atoms with E-state index in [-0.39, 0.29) is 41.9 Å². The van der Waals surface area contributed by atoms with Gasteiger partial charge in [0.2, 0.25) is 5.91 Å². The van der Waals surface area contributed by atoms with Crippen LogP contribution in [0.4, 0.5) is 18.0 Å². The molecule has 0 spiro atoms. The predicted molar refractivity (Wildman–Crippen MR) is 143 cm³/mol. The SMILES string of the molecule is C=CCN1C(=O)NC(c2ccccc2C(F)(F)F)C2=C1CN(C(C(=O)NC1CCCCC1)c1ccccc1)C2=O. The van der Waals surface area contributed by atoms with E-state index in [4.69, 9.17) is 0 Å². The maximum atomic E-state index is 14.2. The van der Waals surface area contributed by atoms with Gasteiger partial charge in [-0.2, -0.15) is 13.2 Å². The summed E-state index contributed by atoms with van der Waals surface area (Å²) in [7, 11) is 0. The van der Waals surface area contributed by atoms with Gasteiger partial charge in [-0.25, -0.2) is 4.79 Å². The quantitative estimate of drug-likeness (QED) is 0.461. The Bertz CT molecular complexity index is 1340. The fourth-order valence-electron chi connectivity index (χ4n) is 5.92. The highest BCUT2D eigenvalue weighted by atomic mass is 19.4. The minimum atomic E-state index is -4.70. The highest BCUT2D eigenvalue weighted by Gasteiger charge is 2.49. The van der Waals surface area contributed by atoms with Gasteiger partial charge in [0.25, 0.3) is 5.91 Å². The molecule has 0 aromatic heterocycles. The Labute approximate surface area is 230 Å². The van der Waals surface area contributed by atoms with Gasteiger partial charge in [0.1, 0.15) is 6.04 Å². The zero-order chi connectivity index (χ0) is 28.4. The van der Waals surface area contributed by atoms with E-state index in [1.807, 2.05) is 0 Å². The molecule has 3 aliphatic rings. The third-order valence-corrected chi connectivity index (χ3v) is 7.77. The van der Waals surface area contributed by atoms with Crippen LogP contribution in [0.15, 0.2) is 78.5 Å². The van der Waals surface area contributed by atoms with E-state index >= 15 is 0 Å². The first-order chi connectivity index (χ1) is 19.2. The molecule has 0 bridgehead atoms. The number of alkyl halides is 3. The Morgan fingerprint density at radius 1 is 1.05 bits per heavy atom. The molecule has 1 fully saturated rings. The molecule has 7 nitrogen and oxygen atoms in total. The average molecular weight is 553 g/mol. The summed E-state index contributed by atoms with van der Waals surface area (Å²) in [4.78, 5) is 43.8. The molecule has 2 aromatic carbocycles. The Hall–Kier alpha value is -4.08. The first-order valence-electron chi connectivity index (χ1n) is 13.4.